The summed E-state index contributed by atoms with van der Waals surface area (Å²) < 4.78 is 5.41. The van der Waals surface area contributed by atoms with Crippen LogP contribution in [0.2, 0.25) is 0 Å². The third kappa shape index (κ3) is 2.69. The molecule has 0 bridgehead atoms. The van der Waals surface area contributed by atoms with Crippen molar-refractivity contribution in [1.29, 1.82) is 0 Å². The lowest BCUT2D eigenvalue weighted by Gasteiger charge is -2.50. The molecule has 26 heavy (non-hydrogen) atoms. The number of aryl methyl sites for hydroxylation is 1. The minimum Gasteiger partial charge on any atom is -0.427 e. The van der Waals surface area contributed by atoms with Gasteiger partial charge < -0.3 is 15.2 Å². The molecule has 1 aromatic rings. The number of fused-ring (bicyclic) bond motifs is 5. The molecule has 2 fully saturated rings. The van der Waals surface area contributed by atoms with E-state index in [1.54, 1.807) is 0 Å². The van der Waals surface area contributed by atoms with E-state index in [1.165, 1.54) is 24.0 Å². The van der Waals surface area contributed by atoms with E-state index in [0.29, 0.717) is 29.9 Å². The first-order valence-electron chi connectivity index (χ1n) is 10.2. The van der Waals surface area contributed by atoms with Gasteiger partial charge in [0, 0.05) is 12.5 Å². The van der Waals surface area contributed by atoms with Crippen LogP contribution >= 0.6 is 0 Å². The summed E-state index contributed by atoms with van der Waals surface area (Å²) in [7, 11) is 1.99. The highest BCUT2D eigenvalue weighted by atomic mass is 16.5. The molecular formula is C22H31NO3. The standard InChI is InChI=1S/C22H31NO3/c1-4-20(25)26-14-6-8-15-13(11-14)5-7-17-16(15)9-10-22(2)18(17)12-19(24)21(22)23-3/h6,8,11,16-19,21,23-24H,4-5,7,9-10,12H2,1-3H3/t16-,17-,18+,19-,21+,22+/m1/s1. The molecule has 0 aliphatic heterocycles. The van der Waals surface area contributed by atoms with E-state index in [1.807, 2.05) is 20.0 Å². The topological polar surface area (TPSA) is 58.6 Å². The Bertz CT molecular complexity index is 703. The number of nitrogens with one attached hydrogen (secondary N) is 1. The number of hydrogen-bond donors (Lipinski definition) is 2. The Balaban J connectivity index is 1.60. The summed E-state index contributed by atoms with van der Waals surface area (Å²) in [5.41, 5.74) is 2.99. The molecule has 142 valence electrons. The Kier molecular flexibility index (Phi) is 4.60. The number of ether oxygens (including phenoxy) is 1. The van der Waals surface area contributed by atoms with Crippen molar-refractivity contribution in [3.8, 4) is 5.75 Å². The molecule has 0 heterocycles. The summed E-state index contributed by atoms with van der Waals surface area (Å²) in [5.74, 6) is 2.32. The highest BCUT2D eigenvalue weighted by Gasteiger charge is 2.57. The van der Waals surface area contributed by atoms with Crippen LogP contribution in [0.15, 0.2) is 18.2 Å². The third-order valence-electron chi connectivity index (χ3n) is 7.56. The molecule has 0 spiro atoms. The van der Waals surface area contributed by atoms with Gasteiger partial charge in [0.25, 0.3) is 0 Å². The van der Waals surface area contributed by atoms with Gasteiger partial charge in [0.2, 0.25) is 0 Å². The Labute approximate surface area is 156 Å². The Morgan fingerprint density at radius 3 is 2.92 bits per heavy atom. The second-order valence-electron chi connectivity index (χ2n) is 8.72. The smallest absolute Gasteiger partial charge is 0.310 e. The molecule has 0 unspecified atom stereocenters. The number of carbonyl (C=O) groups is 1. The van der Waals surface area contributed by atoms with Crippen molar-refractivity contribution < 1.29 is 14.6 Å². The minimum absolute atomic E-state index is 0.176. The van der Waals surface area contributed by atoms with Crippen LogP contribution in [-0.2, 0) is 11.2 Å². The molecule has 4 heteroatoms. The zero-order valence-corrected chi connectivity index (χ0v) is 16.1. The summed E-state index contributed by atoms with van der Waals surface area (Å²) >= 11 is 0. The molecule has 3 aliphatic rings. The van der Waals surface area contributed by atoms with Crippen LogP contribution in [0.25, 0.3) is 0 Å². The van der Waals surface area contributed by atoms with Gasteiger partial charge in [0.15, 0.2) is 0 Å². The Hall–Kier alpha value is -1.39. The number of esters is 1. The number of likely N-dealkylation sites (N-methyl/N-ethyl adjacent to an activating group) is 1. The molecule has 0 saturated heterocycles. The molecular weight excluding hydrogens is 326 g/mol. The van der Waals surface area contributed by atoms with Crippen LogP contribution in [0.4, 0.5) is 0 Å². The second-order valence-corrected chi connectivity index (χ2v) is 8.72. The fraction of sp³-hybridized carbons (Fsp3) is 0.682. The lowest BCUT2D eigenvalue weighted by molar-refractivity contribution is -0.134. The van der Waals surface area contributed by atoms with Gasteiger partial charge in [-0.15, -0.1) is 0 Å². The summed E-state index contributed by atoms with van der Waals surface area (Å²) in [5, 5.41) is 14.0. The largest absolute Gasteiger partial charge is 0.427 e. The van der Waals surface area contributed by atoms with E-state index in [0.717, 1.165) is 19.3 Å². The van der Waals surface area contributed by atoms with Crippen LogP contribution < -0.4 is 10.1 Å². The van der Waals surface area contributed by atoms with Gasteiger partial charge in [-0.25, -0.2) is 0 Å². The summed E-state index contributed by atoms with van der Waals surface area (Å²) in [6.07, 6.45) is 5.65. The number of aliphatic hydroxyl groups is 1. The average Bonchev–Trinajstić information content (AvgIpc) is 2.90. The van der Waals surface area contributed by atoms with Crippen molar-refractivity contribution in [2.45, 2.75) is 70.4 Å². The van der Waals surface area contributed by atoms with Crippen molar-refractivity contribution in [2.24, 2.45) is 17.3 Å². The van der Waals surface area contributed by atoms with E-state index in [-0.39, 0.29) is 23.5 Å². The molecule has 2 N–H and O–H groups in total. The molecule has 4 rings (SSSR count). The van der Waals surface area contributed by atoms with Crippen molar-refractivity contribution in [3.05, 3.63) is 29.3 Å². The highest BCUT2D eigenvalue weighted by Crippen LogP contribution is 2.60. The van der Waals surface area contributed by atoms with Gasteiger partial charge in [-0.3, -0.25) is 4.79 Å². The first kappa shape index (κ1) is 18.0. The van der Waals surface area contributed by atoms with Crippen LogP contribution in [0, 0.1) is 17.3 Å². The molecule has 6 atom stereocenters. The van der Waals surface area contributed by atoms with E-state index in [4.69, 9.17) is 4.74 Å². The van der Waals surface area contributed by atoms with Crippen LogP contribution in [0.3, 0.4) is 0 Å². The molecule has 0 amide bonds. The SMILES string of the molecule is CCC(=O)Oc1ccc2c(c1)CC[C@@H]1[C@@H]2CC[C@@]2(C)[C@H]1C[C@@H](O)[C@@H]2NC. The monoisotopic (exact) mass is 357 g/mol. The predicted molar refractivity (Wildman–Crippen MR) is 101 cm³/mol. The van der Waals surface area contributed by atoms with Crippen molar-refractivity contribution in [1.82, 2.24) is 5.32 Å². The highest BCUT2D eigenvalue weighted by molar-refractivity contribution is 5.72. The number of benzene rings is 1. The average molecular weight is 357 g/mol. The molecule has 0 radical (unpaired) electrons. The minimum atomic E-state index is -0.231. The van der Waals surface area contributed by atoms with Gasteiger partial charge in [-0.2, -0.15) is 0 Å². The number of hydrogen-bond acceptors (Lipinski definition) is 4. The molecule has 1 aromatic carbocycles. The molecule has 2 saturated carbocycles. The predicted octanol–water partition coefficient (Wildman–Crippen LogP) is 3.42. The normalized spacial score (nSPS) is 38.2. The van der Waals surface area contributed by atoms with E-state index >= 15 is 0 Å². The van der Waals surface area contributed by atoms with Crippen molar-refractivity contribution in [3.63, 3.8) is 0 Å². The third-order valence-corrected chi connectivity index (χ3v) is 7.56. The maximum atomic E-state index is 11.6. The van der Waals surface area contributed by atoms with Crippen LogP contribution in [-0.4, -0.2) is 30.3 Å². The second kappa shape index (κ2) is 6.65. The number of carbonyl (C=O) groups excluding carboxylic acids is 1. The van der Waals surface area contributed by atoms with Gasteiger partial charge in [0.05, 0.1) is 6.10 Å². The maximum absolute atomic E-state index is 11.6. The van der Waals surface area contributed by atoms with Crippen molar-refractivity contribution >= 4 is 5.97 Å². The quantitative estimate of drug-likeness (QED) is 0.643. The van der Waals surface area contributed by atoms with E-state index < -0.39 is 0 Å². The molecule has 4 nitrogen and oxygen atoms in total. The number of rotatable bonds is 3. The van der Waals surface area contributed by atoms with Gasteiger partial charge in [-0.05, 0) is 85.6 Å². The Morgan fingerprint density at radius 2 is 2.19 bits per heavy atom. The zero-order chi connectivity index (χ0) is 18.5. The van der Waals surface area contributed by atoms with E-state index in [2.05, 4.69) is 24.4 Å². The maximum Gasteiger partial charge on any atom is 0.310 e. The lowest BCUT2D eigenvalue weighted by atomic mass is 9.55. The summed E-state index contributed by atoms with van der Waals surface area (Å²) in [6.45, 7) is 4.20. The van der Waals surface area contributed by atoms with Gasteiger partial charge in [-0.1, -0.05) is 19.9 Å². The first-order valence-corrected chi connectivity index (χ1v) is 10.2. The van der Waals surface area contributed by atoms with Crippen LogP contribution in [0.1, 0.15) is 63.0 Å². The molecule has 0 aromatic heterocycles. The lowest BCUT2D eigenvalue weighted by Crippen LogP contribution is -2.49. The summed E-state index contributed by atoms with van der Waals surface area (Å²) in [6, 6.07) is 6.44. The fourth-order valence-electron chi connectivity index (χ4n) is 6.36. The van der Waals surface area contributed by atoms with Crippen LogP contribution in [0.5, 0.6) is 5.75 Å². The Morgan fingerprint density at radius 1 is 1.38 bits per heavy atom. The van der Waals surface area contributed by atoms with Gasteiger partial charge >= 0.3 is 5.97 Å². The number of aliphatic hydroxyl groups excluding tert-OH is 1. The van der Waals surface area contributed by atoms with Gasteiger partial charge in [0.1, 0.15) is 5.75 Å². The van der Waals surface area contributed by atoms with E-state index in [9.17, 15) is 9.90 Å². The van der Waals surface area contributed by atoms with Crippen molar-refractivity contribution in [2.75, 3.05) is 7.05 Å². The summed E-state index contributed by atoms with van der Waals surface area (Å²) in [4.78, 5) is 11.6. The zero-order valence-electron chi connectivity index (χ0n) is 16.1. The molecule has 3 aliphatic carbocycles. The first-order chi connectivity index (χ1) is 12.5. The fourth-order valence-corrected chi connectivity index (χ4v) is 6.36.